The molecule has 40 heavy (non-hydrogen) atoms. The van der Waals surface area contributed by atoms with E-state index in [4.69, 9.17) is 18.9 Å². The molecule has 0 spiro atoms. The molecule has 0 aliphatic heterocycles. The third-order valence-corrected chi connectivity index (χ3v) is 5.20. The minimum atomic E-state index is -1.27. The van der Waals surface area contributed by atoms with Crippen LogP contribution in [0.3, 0.4) is 0 Å². The lowest BCUT2D eigenvalue weighted by molar-refractivity contribution is -0.141. The number of aryl methyl sites for hydroxylation is 1. The number of rotatable bonds is 12. The van der Waals surface area contributed by atoms with Crippen LogP contribution in [0.15, 0.2) is 79.1 Å². The first-order chi connectivity index (χ1) is 19.2. The monoisotopic (exact) mass is 550 g/mol. The number of carbonyl (C=O) groups excluding carboxylic acids is 4. The molecule has 0 atom stereocenters. The molecule has 9 nitrogen and oxygen atoms in total. The Balaban J connectivity index is 1.65. The molecule has 0 heterocycles. The molecule has 0 aliphatic rings. The maximum Gasteiger partial charge on any atom is 0.366 e. The lowest BCUT2D eigenvalue weighted by Crippen LogP contribution is -2.15. The summed E-state index contributed by atoms with van der Waals surface area (Å²) in [7, 11) is 0. The molecule has 3 aromatic carbocycles. The van der Waals surface area contributed by atoms with E-state index in [-0.39, 0.29) is 41.6 Å². The van der Waals surface area contributed by atoms with Gasteiger partial charge in [0, 0.05) is 0 Å². The van der Waals surface area contributed by atoms with Crippen molar-refractivity contribution in [3.8, 4) is 17.2 Å². The van der Waals surface area contributed by atoms with Gasteiger partial charge in [-0.3, -0.25) is 0 Å². The molecule has 0 aromatic heterocycles. The first-order valence-corrected chi connectivity index (χ1v) is 12.2. The van der Waals surface area contributed by atoms with E-state index in [1.54, 1.807) is 24.3 Å². The Morgan fingerprint density at radius 1 is 0.725 bits per heavy atom. The van der Waals surface area contributed by atoms with Crippen LogP contribution in [0.4, 0.5) is 4.39 Å². The first-order valence-electron chi connectivity index (χ1n) is 12.2. The molecule has 0 fully saturated rings. The second-order valence-electron chi connectivity index (χ2n) is 8.35. The molecule has 0 saturated carbocycles. The van der Waals surface area contributed by atoms with Gasteiger partial charge in [0.05, 0.1) is 17.7 Å². The summed E-state index contributed by atoms with van der Waals surface area (Å²) < 4.78 is 38.6. The summed E-state index contributed by atoms with van der Waals surface area (Å²) in [6.45, 7) is 6.19. The molecule has 0 unspecified atom stereocenters. The predicted octanol–water partition coefficient (Wildman–Crippen LogP) is 5.41. The highest BCUT2D eigenvalue weighted by Crippen LogP contribution is 2.26. The Labute approximate surface area is 230 Å². The van der Waals surface area contributed by atoms with Crippen LogP contribution in [0.5, 0.6) is 17.2 Å². The zero-order valence-corrected chi connectivity index (χ0v) is 21.9. The number of carbonyl (C=O) groups is 4. The second kappa shape index (κ2) is 14.2. The first kappa shape index (κ1) is 29.6. The van der Waals surface area contributed by atoms with E-state index >= 15 is 0 Å². The highest BCUT2D eigenvalue weighted by atomic mass is 19.1. The molecule has 0 saturated heterocycles. The largest absolute Gasteiger partial charge is 0.493 e. The van der Waals surface area contributed by atoms with Crippen molar-refractivity contribution >= 4 is 23.9 Å². The zero-order chi connectivity index (χ0) is 29.1. The average Bonchev–Trinajstić information content (AvgIpc) is 2.94. The third kappa shape index (κ3) is 8.52. The number of halogens is 1. The Morgan fingerprint density at radius 2 is 1.27 bits per heavy atom. The van der Waals surface area contributed by atoms with Gasteiger partial charge in [0.25, 0.3) is 0 Å². The fraction of sp³-hybridized carbons (Fsp3) is 0.200. The van der Waals surface area contributed by atoms with Gasteiger partial charge in [-0.1, -0.05) is 31.2 Å². The van der Waals surface area contributed by atoms with Crippen molar-refractivity contribution < 1.29 is 47.3 Å². The van der Waals surface area contributed by atoms with E-state index < -0.39 is 29.7 Å². The molecule has 0 radical (unpaired) electrons. The van der Waals surface area contributed by atoms with Crippen molar-refractivity contribution in [3.05, 3.63) is 101 Å². The van der Waals surface area contributed by atoms with E-state index in [0.29, 0.717) is 18.6 Å². The zero-order valence-electron chi connectivity index (χ0n) is 21.9. The molecule has 10 heteroatoms. The molecule has 0 amide bonds. The summed E-state index contributed by atoms with van der Waals surface area (Å²) in [5.41, 5.74) is 1.54. The third-order valence-electron chi connectivity index (χ3n) is 5.20. The van der Waals surface area contributed by atoms with Crippen LogP contribution >= 0.6 is 0 Å². The van der Waals surface area contributed by atoms with E-state index in [0.717, 1.165) is 5.56 Å². The Bertz CT molecular complexity index is 1380. The van der Waals surface area contributed by atoms with Crippen LogP contribution in [-0.2, 0) is 14.3 Å². The molecule has 3 rings (SSSR count). The van der Waals surface area contributed by atoms with Crippen molar-refractivity contribution in [2.75, 3.05) is 19.8 Å². The molecule has 0 N–H and O–H groups in total. The van der Waals surface area contributed by atoms with Gasteiger partial charge in [0.15, 0.2) is 0 Å². The Kier molecular flexibility index (Phi) is 10.5. The summed E-state index contributed by atoms with van der Waals surface area (Å²) >= 11 is 0. The van der Waals surface area contributed by atoms with Crippen molar-refractivity contribution in [3.63, 3.8) is 0 Å². The lowest BCUT2D eigenvalue weighted by Gasteiger charge is -2.13. The minimum absolute atomic E-state index is 0.0293. The van der Waals surface area contributed by atoms with Gasteiger partial charge in [-0.2, -0.15) is 4.39 Å². The molecular formula is C30H27FO9. The summed E-state index contributed by atoms with van der Waals surface area (Å²) in [4.78, 5) is 48.8. The van der Waals surface area contributed by atoms with Crippen LogP contribution in [0.25, 0.3) is 0 Å². The minimum Gasteiger partial charge on any atom is -0.493 e. The van der Waals surface area contributed by atoms with Crippen LogP contribution in [0.2, 0.25) is 0 Å². The highest BCUT2D eigenvalue weighted by molar-refractivity contribution is 5.95. The number of ether oxygens (including phenoxy) is 5. The number of hydrogen-bond acceptors (Lipinski definition) is 9. The van der Waals surface area contributed by atoms with E-state index in [9.17, 15) is 23.6 Å². The quantitative estimate of drug-likeness (QED) is 0.126. The van der Waals surface area contributed by atoms with Crippen molar-refractivity contribution in [1.29, 1.82) is 0 Å². The van der Waals surface area contributed by atoms with Gasteiger partial charge < -0.3 is 23.7 Å². The molecule has 3 aromatic rings. The van der Waals surface area contributed by atoms with Crippen molar-refractivity contribution in [2.45, 2.75) is 20.3 Å². The van der Waals surface area contributed by atoms with Crippen LogP contribution < -0.4 is 14.2 Å². The molecule has 0 bridgehead atoms. The second-order valence-corrected chi connectivity index (χ2v) is 8.35. The average molecular weight is 551 g/mol. The van der Waals surface area contributed by atoms with Crippen LogP contribution in [0.1, 0.15) is 50.0 Å². The van der Waals surface area contributed by atoms with Crippen molar-refractivity contribution in [1.82, 2.24) is 0 Å². The fourth-order valence-electron chi connectivity index (χ4n) is 3.18. The van der Waals surface area contributed by atoms with Crippen molar-refractivity contribution in [2.24, 2.45) is 0 Å². The lowest BCUT2D eigenvalue weighted by atomic mass is 10.1. The maximum atomic E-state index is 12.7. The SMILES string of the molecule is C=C(F)C(=O)OCCOC(=O)c1cc(OC(=O)c2ccc(OC(=O)c3ccc(C)cc3)cc2)ccc1OCCC. The van der Waals surface area contributed by atoms with E-state index in [2.05, 4.69) is 11.3 Å². The van der Waals surface area contributed by atoms with Gasteiger partial charge >= 0.3 is 23.9 Å². The number of esters is 4. The van der Waals surface area contributed by atoms with Crippen LogP contribution in [-0.4, -0.2) is 43.7 Å². The molecule has 0 aliphatic carbocycles. The molecule has 208 valence electrons. The van der Waals surface area contributed by atoms with Gasteiger partial charge in [-0.05, 0) is 67.9 Å². The van der Waals surface area contributed by atoms with Crippen LogP contribution in [0, 0.1) is 6.92 Å². The summed E-state index contributed by atoms with van der Waals surface area (Å²) in [6.07, 6.45) is 0.671. The van der Waals surface area contributed by atoms with E-state index in [1.165, 1.54) is 42.5 Å². The maximum absolute atomic E-state index is 12.7. The summed E-state index contributed by atoms with van der Waals surface area (Å²) in [5, 5.41) is 0. The predicted molar refractivity (Wildman–Crippen MR) is 141 cm³/mol. The smallest absolute Gasteiger partial charge is 0.366 e. The van der Waals surface area contributed by atoms with Gasteiger partial charge in [0.1, 0.15) is 36.0 Å². The Morgan fingerprint density at radius 3 is 1.88 bits per heavy atom. The Hall–Kier alpha value is -4.99. The number of benzene rings is 3. The van der Waals surface area contributed by atoms with Gasteiger partial charge in [-0.25, -0.2) is 19.2 Å². The van der Waals surface area contributed by atoms with E-state index in [1.807, 2.05) is 13.8 Å². The molecular weight excluding hydrogens is 523 g/mol. The summed E-state index contributed by atoms with van der Waals surface area (Å²) in [6, 6.07) is 16.9. The standard InChI is InChI=1S/C30H27FO9/c1-4-15-36-26-14-13-24(18-25(26)30(35)38-17-16-37-27(32)20(3)31)40-29(34)22-9-11-23(12-10-22)39-28(33)21-7-5-19(2)6-8-21/h5-14,18H,3-4,15-17H2,1-2H3. The van der Waals surface area contributed by atoms with Gasteiger partial charge in [-0.15, -0.1) is 0 Å². The summed E-state index contributed by atoms with van der Waals surface area (Å²) in [5.74, 6) is -4.15. The van der Waals surface area contributed by atoms with Gasteiger partial charge in [0.2, 0.25) is 5.83 Å². The number of hydrogen-bond donors (Lipinski definition) is 0. The highest BCUT2D eigenvalue weighted by Gasteiger charge is 2.19. The fourth-order valence-corrected chi connectivity index (χ4v) is 3.18. The normalized spacial score (nSPS) is 10.3. The topological polar surface area (TPSA) is 114 Å².